The fourth-order valence-corrected chi connectivity index (χ4v) is 3.42. The van der Waals surface area contributed by atoms with Gasteiger partial charge in [-0.3, -0.25) is 9.59 Å². The maximum atomic E-state index is 12.7. The number of carbonyl (C=O) groups is 2. The Hall–Kier alpha value is -1.06. The van der Waals surface area contributed by atoms with Gasteiger partial charge in [-0.1, -0.05) is 24.3 Å². The fraction of sp³-hybridized carbons (Fsp3) is 0.467. The molecule has 2 unspecified atom stereocenters. The van der Waals surface area contributed by atoms with E-state index in [2.05, 4.69) is 5.32 Å². The lowest BCUT2D eigenvalue weighted by molar-refractivity contribution is -0.125. The molecule has 1 saturated carbocycles. The third-order valence-corrected chi connectivity index (χ3v) is 4.83. The summed E-state index contributed by atoms with van der Waals surface area (Å²) in [5.41, 5.74) is 0.516. The van der Waals surface area contributed by atoms with Crippen molar-refractivity contribution in [1.29, 1.82) is 0 Å². The van der Waals surface area contributed by atoms with Crippen LogP contribution >= 0.6 is 23.2 Å². The Bertz CT molecular complexity index is 583. The smallest absolute Gasteiger partial charge is 0.235 e. The molecule has 0 radical (unpaired) electrons. The first-order valence-corrected chi connectivity index (χ1v) is 7.55. The number of ketones is 1. The highest BCUT2D eigenvalue weighted by molar-refractivity contribution is 6.44. The average Bonchev–Trinajstić information content (AvgIpc) is 3.20. The summed E-state index contributed by atoms with van der Waals surface area (Å²) in [7, 11) is 0. The van der Waals surface area contributed by atoms with E-state index in [1.165, 1.54) is 0 Å². The van der Waals surface area contributed by atoms with Crippen molar-refractivity contribution >= 4 is 34.9 Å². The van der Waals surface area contributed by atoms with Gasteiger partial charge >= 0.3 is 0 Å². The fourth-order valence-electron chi connectivity index (χ4n) is 3.03. The Kier molecular flexibility index (Phi) is 3.30. The van der Waals surface area contributed by atoms with Crippen molar-refractivity contribution in [2.75, 3.05) is 0 Å². The van der Waals surface area contributed by atoms with E-state index in [0.717, 1.165) is 12.8 Å². The van der Waals surface area contributed by atoms with Gasteiger partial charge in [0.25, 0.3) is 0 Å². The lowest BCUT2D eigenvalue weighted by atomic mass is 9.84. The second-order valence-corrected chi connectivity index (χ2v) is 6.79. The number of nitrogens with one attached hydrogen (secondary N) is 1. The monoisotopic (exact) mass is 311 g/mol. The second-order valence-electron chi connectivity index (χ2n) is 5.69. The summed E-state index contributed by atoms with van der Waals surface area (Å²) < 4.78 is 0. The van der Waals surface area contributed by atoms with Crippen LogP contribution in [-0.4, -0.2) is 17.2 Å². The van der Waals surface area contributed by atoms with E-state index in [1.807, 2.05) is 6.92 Å². The summed E-state index contributed by atoms with van der Waals surface area (Å²) >= 11 is 11.9. The van der Waals surface area contributed by atoms with Crippen LogP contribution in [0.15, 0.2) is 24.3 Å². The third-order valence-electron chi connectivity index (χ3n) is 4.36. The zero-order chi connectivity index (χ0) is 14.5. The molecule has 1 saturated heterocycles. The quantitative estimate of drug-likeness (QED) is 0.688. The Labute approximate surface area is 127 Å². The van der Waals surface area contributed by atoms with Crippen LogP contribution in [0.3, 0.4) is 0 Å². The SMILES string of the molecule is CC1(C2CC2)NC(=O)C(c2ccccc2C(Cl)Cl)C1=O. The van der Waals surface area contributed by atoms with E-state index < -0.39 is 16.3 Å². The normalized spacial score (nSPS) is 29.9. The predicted molar refractivity (Wildman–Crippen MR) is 77.9 cm³/mol. The van der Waals surface area contributed by atoms with Crippen molar-refractivity contribution in [1.82, 2.24) is 5.32 Å². The van der Waals surface area contributed by atoms with E-state index >= 15 is 0 Å². The maximum Gasteiger partial charge on any atom is 0.235 e. The van der Waals surface area contributed by atoms with Crippen LogP contribution in [0.4, 0.5) is 0 Å². The topological polar surface area (TPSA) is 46.2 Å². The molecule has 1 aliphatic heterocycles. The van der Waals surface area contributed by atoms with E-state index in [-0.39, 0.29) is 17.6 Å². The van der Waals surface area contributed by atoms with Gasteiger partial charge in [0.2, 0.25) is 5.91 Å². The summed E-state index contributed by atoms with van der Waals surface area (Å²) in [6.07, 6.45) is 1.98. The molecule has 1 amide bonds. The highest BCUT2D eigenvalue weighted by Crippen LogP contribution is 2.46. The highest BCUT2D eigenvalue weighted by atomic mass is 35.5. The highest BCUT2D eigenvalue weighted by Gasteiger charge is 2.57. The van der Waals surface area contributed by atoms with Gasteiger partial charge in [-0.25, -0.2) is 0 Å². The molecule has 0 aromatic heterocycles. The first-order valence-electron chi connectivity index (χ1n) is 6.68. The number of hydrogen-bond donors (Lipinski definition) is 1. The molecule has 2 fully saturated rings. The van der Waals surface area contributed by atoms with Crippen molar-refractivity contribution < 1.29 is 9.59 Å². The molecule has 1 aromatic carbocycles. The molecule has 1 aromatic rings. The van der Waals surface area contributed by atoms with Crippen molar-refractivity contribution in [3.8, 4) is 0 Å². The van der Waals surface area contributed by atoms with Gasteiger partial charge in [-0.2, -0.15) is 0 Å². The zero-order valence-electron chi connectivity index (χ0n) is 11.0. The summed E-state index contributed by atoms with van der Waals surface area (Å²) in [4.78, 5) is 24.3. The van der Waals surface area contributed by atoms with Crippen LogP contribution in [0, 0.1) is 5.92 Å². The molecule has 1 N–H and O–H groups in total. The van der Waals surface area contributed by atoms with Crippen molar-refractivity contribution in [3.63, 3.8) is 0 Å². The van der Waals surface area contributed by atoms with Crippen LogP contribution in [-0.2, 0) is 9.59 Å². The Morgan fingerprint density at radius 2 is 1.90 bits per heavy atom. The van der Waals surface area contributed by atoms with Gasteiger partial charge < -0.3 is 5.32 Å². The molecule has 0 spiro atoms. The van der Waals surface area contributed by atoms with Gasteiger partial charge in [0.15, 0.2) is 5.78 Å². The number of halogens is 2. The average molecular weight is 312 g/mol. The van der Waals surface area contributed by atoms with Crippen LogP contribution < -0.4 is 5.32 Å². The maximum absolute atomic E-state index is 12.7. The number of Topliss-reactive ketones (excluding diaryl/α,β-unsaturated/α-hetero) is 1. The van der Waals surface area contributed by atoms with Crippen LogP contribution in [0.1, 0.15) is 41.6 Å². The molecule has 1 heterocycles. The summed E-state index contributed by atoms with van der Waals surface area (Å²) in [6, 6.07) is 7.11. The number of carbonyl (C=O) groups excluding carboxylic acids is 2. The molecule has 2 atom stereocenters. The third kappa shape index (κ3) is 2.04. The van der Waals surface area contributed by atoms with E-state index in [9.17, 15) is 9.59 Å². The van der Waals surface area contributed by atoms with Crippen LogP contribution in [0.5, 0.6) is 0 Å². The van der Waals surface area contributed by atoms with Gasteiger partial charge in [-0.15, -0.1) is 23.2 Å². The molecule has 106 valence electrons. The van der Waals surface area contributed by atoms with E-state index in [0.29, 0.717) is 11.1 Å². The lowest BCUT2D eigenvalue weighted by Gasteiger charge is -2.22. The van der Waals surface area contributed by atoms with Gasteiger partial charge in [-0.05, 0) is 36.8 Å². The number of amides is 1. The van der Waals surface area contributed by atoms with Crippen LogP contribution in [0.2, 0.25) is 0 Å². The number of hydrogen-bond acceptors (Lipinski definition) is 2. The summed E-state index contributed by atoms with van der Waals surface area (Å²) in [5.74, 6) is -0.840. The van der Waals surface area contributed by atoms with Crippen molar-refractivity contribution in [2.24, 2.45) is 5.92 Å². The number of rotatable bonds is 3. The van der Waals surface area contributed by atoms with E-state index in [4.69, 9.17) is 23.2 Å². The lowest BCUT2D eigenvalue weighted by Crippen LogP contribution is -2.45. The second kappa shape index (κ2) is 4.74. The Morgan fingerprint density at radius 1 is 1.25 bits per heavy atom. The molecule has 3 rings (SSSR count). The van der Waals surface area contributed by atoms with Gasteiger partial charge in [0.1, 0.15) is 10.8 Å². The first kappa shape index (κ1) is 13.9. The van der Waals surface area contributed by atoms with Gasteiger partial charge in [0.05, 0.1) is 5.54 Å². The van der Waals surface area contributed by atoms with Crippen LogP contribution in [0.25, 0.3) is 0 Å². The molecule has 20 heavy (non-hydrogen) atoms. The minimum Gasteiger partial charge on any atom is -0.343 e. The first-order chi connectivity index (χ1) is 9.45. The molecule has 2 aliphatic rings. The molecule has 0 bridgehead atoms. The molecule has 3 nitrogen and oxygen atoms in total. The standard InChI is InChI=1S/C15H15Cl2NO2/c1-15(8-6-7-8)12(19)11(14(20)18-15)9-4-2-3-5-10(9)13(16)17/h2-5,8,11,13H,6-7H2,1H3,(H,18,20). The number of alkyl halides is 2. The Morgan fingerprint density at radius 3 is 2.50 bits per heavy atom. The minimum atomic E-state index is -0.795. The summed E-state index contributed by atoms with van der Waals surface area (Å²) in [5, 5.41) is 2.88. The number of benzene rings is 1. The molecular formula is C15H15Cl2NO2. The van der Waals surface area contributed by atoms with E-state index in [1.54, 1.807) is 24.3 Å². The molecule has 5 heteroatoms. The molecular weight excluding hydrogens is 297 g/mol. The van der Waals surface area contributed by atoms with Gasteiger partial charge in [0, 0.05) is 0 Å². The largest absolute Gasteiger partial charge is 0.343 e. The van der Waals surface area contributed by atoms with Crippen molar-refractivity contribution in [3.05, 3.63) is 35.4 Å². The molecule has 1 aliphatic carbocycles. The Balaban J connectivity index is 2.02. The predicted octanol–water partition coefficient (Wildman–Crippen LogP) is 3.11. The minimum absolute atomic E-state index is 0.0635. The zero-order valence-corrected chi connectivity index (χ0v) is 12.5. The summed E-state index contributed by atoms with van der Waals surface area (Å²) in [6.45, 7) is 1.83. The van der Waals surface area contributed by atoms with Crippen molar-refractivity contribution in [2.45, 2.75) is 36.1 Å².